The van der Waals surface area contributed by atoms with Crippen LogP contribution in [0.15, 0.2) is 24.3 Å². The molecule has 0 aromatic heterocycles. The third-order valence-electron chi connectivity index (χ3n) is 1.57. The van der Waals surface area contributed by atoms with Gasteiger partial charge < -0.3 is 4.74 Å². The van der Waals surface area contributed by atoms with E-state index in [4.69, 9.17) is 10.6 Å². The largest absolute Gasteiger partial charge is 0.483 e. The number of carbonyl (C=O) groups excluding carboxylic acids is 2. The van der Waals surface area contributed by atoms with Gasteiger partial charge in [0.05, 0.1) is 5.56 Å². The Balaban J connectivity index is 2.66. The maximum absolute atomic E-state index is 10.7. The zero-order valence-electron chi connectivity index (χ0n) is 7.40. The molecule has 0 saturated carbocycles. The number of carbonyl (C=O) groups is 2. The van der Waals surface area contributed by atoms with E-state index in [1.165, 1.54) is 0 Å². The average molecular weight is 194 g/mol. The highest BCUT2D eigenvalue weighted by atomic mass is 16.5. The number of ether oxygens (including phenoxy) is 1. The third-order valence-corrected chi connectivity index (χ3v) is 1.57. The molecule has 1 amide bonds. The van der Waals surface area contributed by atoms with Crippen molar-refractivity contribution < 1.29 is 14.3 Å². The molecular weight excluding hydrogens is 184 g/mol. The fourth-order valence-corrected chi connectivity index (χ4v) is 0.894. The highest BCUT2D eigenvalue weighted by Gasteiger charge is 2.03. The Morgan fingerprint density at radius 2 is 2.21 bits per heavy atom. The van der Waals surface area contributed by atoms with Gasteiger partial charge in [0.2, 0.25) is 0 Å². The minimum Gasteiger partial charge on any atom is -0.483 e. The second-order valence-corrected chi connectivity index (χ2v) is 2.51. The molecular formula is C9H10N2O3. The van der Waals surface area contributed by atoms with Gasteiger partial charge in [-0.3, -0.25) is 15.0 Å². The van der Waals surface area contributed by atoms with Gasteiger partial charge in [-0.05, 0) is 12.1 Å². The molecule has 0 saturated heterocycles. The molecule has 1 rings (SSSR count). The molecule has 0 heterocycles. The Kier molecular flexibility index (Phi) is 3.63. The monoisotopic (exact) mass is 194 g/mol. The molecule has 5 nitrogen and oxygen atoms in total. The standard InChI is InChI=1S/C9H10N2O3/c10-11-9(13)6-14-8-4-2-1-3-7(8)5-12/h1-5H,6,10H2,(H,11,13). The van der Waals surface area contributed by atoms with Gasteiger partial charge in [0.1, 0.15) is 5.75 Å². The first-order chi connectivity index (χ1) is 6.77. The van der Waals surface area contributed by atoms with Crippen LogP contribution in [0.4, 0.5) is 0 Å². The van der Waals surface area contributed by atoms with Crippen LogP contribution in [0, 0.1) is 0 Å². The van der Waals surface area contributed by atoms with Crippen LogP contribution >= 0.6 is 0 Å². The van der Waals surface area contributed by atoms with E-state index in [1.807, 2.05) is 5.43 Å². The van der Waals surface area contributed by atoms with E-state index >= 15 is 0 Å². The van der Waals surface area contributed by atoms with Crippen molar-refractivity contribution in [3.05, 3.63) is 29.8 Å². The third kappa shape index (κ3) is 2.56. The number of amides is 1. The van der Waals surface area contributed by atoms with E-state index in [2.05, 4.69) is 0 Å². The van der Waals surface area contributed by atoms with Crippen molar-refractivity contribution in [3.8, 4) is 5.75 Å². The van der Waals surface area contributed by atoms with Crippen molar-refractivity contribution in [2.75, 3.05) is 6.61 Å². The van der Waals surface area contributed by atoms with E-state index in [9.17, 15) is 9.59 Å². The molecule has 1 aromatic rings. The molecule has 3 N–H and O–H groups in total. The zero-order chi connectivity index (χ0) is 10.4. The van der Waals surface area contributed by atoms with Crippen LogP contribution in [0.1, 0.15) is 10.4 Å². The van der Waals surface area contributed by atoms with Crippen LogP contribution in [-0.2, 0) is 4.79 Å². The first kappa shape index (κ1) is 10.2. The average Bonchev–Trinajstić information content (AvgIpc) is 2.26. The molecule has 5 heteroatoms. The van der Waals surface area contributed by atoms with Crippen molar-refractivity contribution in [1.29, 1.82) is 0 Å². The summed E-state index contributed by atoms with van der Waals surface area (Å²) >= 11 is 0. The minimum absolute atomic E-state index is 0.207. The molecule has 0 bridgehead atoms. The maximum Gasteiger partial charge on any atom is 0.271 e. The summed E-state index contributed by atoms with van der Waals surface area (Å²) in [6, 6.07) is 6.62. The molecule has 74 valence electrons. The second-order valence-electron chi connectivity index (χ2n) is 2.51. The quantitative estimate of drug-likeness (QED) is 0.303. The van der Waals surface area contributed by atoms with Gasteiger partial charge in [-0.15, -0.1) is 0 Å². The van der Waals surface area contributed by atoms with Crippen LogP contribution in [0.3, 0.4) is 0 Å². The Labute approximate surface area is 80.8 Å². The summed E-state index contributed by atoms with van der Waals surface area (Å²) in [7, 11) is 0. The number of para-hydroxylation sites is 1. The predicted molar refractivity (Wildman–Crippen MR) is 49.7 cm³/mol. The normalized spacial score (nSPS) is 9.21. The fourth-order valence-electron chi connectivity index (χ4n) is 0.894. The number of benzene rings is 1. The molecule has 0 atom stereocenters. The van der Waals surface area contributed by atoms with Gasteiger partial charge in [0.25, 0.3) is 5.91 Å². The number of nitrogens with one attached hydrogen (secondary N) is 1. The van der Waals surface area contributed by atoms with Crippen molar-refractivity contribution >= 4 is 12.2 Å². The maximum atomic E-state index is 10.7. The first-order valence-corrected chi connectivity index (χ1v) is 3.94. The molecule has 0 radical (unpaired) electrons. The van der Waals surface area contributed by atoms with Crippen LogP contribution < -0.4 is 16.0 Å². The lowest BCUT2D eigenvalue weighted by Crippen LogP contribution is -2.34. The van der Waals surface area contributed by atoms with Crippen molar-refractivity contribution in [2.24, 2.45) is 5.84 Å². The number of hydrogen-bond acceptors (Lipinski definition) is 4. The first-order valence-electron chi connectivity index (χ1n) is 3.94. The molecule has 0 spiro atoms. The summed E-state index contributed by atoms with van der Waals surface area (Å²) < 4.78 is 5.06. The van der Waals surface area contributed by atoms with Crippen molar-refractivity contribution in [3.63, 3.8) is 0 Å². The summed E-state index contributed by atoms with van der Waals surface area (Å²) in [4.78, 5) is 21.3. The second kappa shape index (κ2) is 4.98. The molecule has 0 fully saturated rings. The number of aldehydes is 1. The summed E-state index contributed by atoms with van der Waals surface area (Å²) in [6.07, 6.45) is 0.662. The Morgan fingerprint density at radius 3 is 2.86 bits per heavy atom. The fraction of sp³-hybridized carbons (Fsp3) is 0.111. The number of nitrogens with two attached hydrogens (primary N) is 1. The minimum atomic E-state index is -0.453. The SMILES string of the molecule is NNC(=O)COc1ccccc1C=O. The van der Waals surface area contributed by atoms with E-state index in [-0.39, 0.29) is 6.61 Å². The van der Waals surface area contributed by atoms with Crippen molar-refractivity contribution in [2.45, 2.75) is 0 Å². The summed E-state index contributed by atoms with van der Waals surface area (Å²) in [5.74, 6) is 4.77. The van der Waals surface area contributed by atoms with Crippen LogP contribution in [0.5, 0.6) is 5.75 Å². The lowest BCUT2D eigenvalue weighted by atomic mass is 10.2. The predicted octanol–water partition coefficient (Wildman–Crippen LogP) is -0.132. The highest BCUT2D eigenvalue weighted by molar-refractivity contribution is 5.80. The summed E-state index contributed by atoms with van der Waals surface area (Å²) in [6.45, 7) is -0.207. The van der Waals surface area contributed by atoms with Crippen molar-refractivity contribution in [1.82, 2.24) is 5.43 Å². The van der Waals surface area contributed by atoms with Gasteiger partial charge >= 0.3 is 0 Å². The Hall–Kier alpha value is -1.88. The highest BCUT2D eigenvalue weighted by Crippen LogP contribution is 2.14. The van der Waals surface area contributed by atoms with E-state index in [1.54, 1.807) is 24.3 Å². The van der Waals surface area contributed by atoms with Gasteiger partial charge in [-0.1, -0.05) is 12.1 Å². The van der Waals surface area contributed by atoms with E-state index in [0.717, 1.165) is 0 Å². The molecule has 0 unspecified atom stereocenters. The molecule has 1 aromatic carbocycles. The number of hydrogen-bond donors (Lipinski definition) is 2. The van der Waals surface area contributed by atoms with Gasteiger partial charge in [-0.25, -0.2) is 5.84 Å². The molecule has 0 aliphatic rings. The molecule has 0 aliphatic heterocycles. The Morgan fingerprint density at radius 1 is 1.50 bits per heavy atom. The summed E-state index contributed by atoms with van der Waals surface area (Å²) in [5, 5.41) is 0. The zero-order valence-corrected chi connectivity index (χ0v) is 7.40. The van der Waals surface area contributed by atoms with Crippen LogP contribution in [-0.4, -0.2) is 18.8 Å². The lowest BCUT2D eigenvalue weighted by Gasteiger charge is -2.06. The van der Waals surface area contributed by atoms with Gasteiger partial charge in [-0.2, -0.15) is 0 Å². The van der Waals surface area contributed by atoms with Crippen LogP contribution in [0.25, 0.3) is 0 Å². The topological polar surface area (TPSA) is 81.4 Å². The number of hydrazine groups is 1. The van der Waals surface area contributed by atoms with E-state index < -0.39 is 5.91 Å². The van der Waals surface area contributed by atoms with E-state index in [0.29, 0.717) is 17.6 Å². The number of rotatable bonds is 4. The molecule has 0 aliphatic carbocycles. The molecule has 14 heavy (non-hydrogen) atoms. The lowest BCUT2D eigenvalue weighted by molar-refractivity contribution is -0.123. The van der Waals surface area contributed by atoms with Gasteiger partial charge in [0.15, 0.2) is 12.9 Å². The smallest absolute Gasteiger partial charge is 0.271 e. The summed E-state index contributed by atoms with van der Waals surface area (Å²) in [5.41, 5.74) is 2.32. The Bertz CT molecular complexity index is 339. The van der Waals surface area contributed by atoms with Crippen LogP contribution in [0.2, 0.25) is 0 Å². The van der Waals surface area contributed by atoms with Gasteiger partial charge in [0, 0.05) is 0 Å².